The van der Waals surface area contributed by atoms with E-state index in [1.165, 1.54) is 37.7 Å². The van der Waals surface area contributed by atoms with Crippen LogP contribution in [0.3, 0.4) is 0 Å². The smallest absolute Gasteiger partial charge is 0.272 e. The first-order valence-electron chi connectivity index (χ1n) is 31.5. The van der Waals surface area contributed by atoms with Crippen molar-refractivity contribution in [1.29, 1.82) is 0 Å². The van der Waals surface area contributed by atoms with Gasteiger partial charge >= 0.3 is 0 Å². The second kappa shape index (κ2) is 35.0. The lowest BCUT2D eigenvalue weighted by atomic mass is 9.83. The number of aromatic amines is 1. The minimum absolute atomic E-state index is 0.00378. The molecule has 0 bridgehead atoms. The van der Waals surface area contributed by atoms with Crippen molar-refractivity contribution in [2.75, 3.05) is 112 Å². The lowest BCUT2D eigenvalue weighted by Crippen LogP contribution is -2.57. The molecule has 2 aromatic heterocycles. The molecule has 3 aromatic carbocycles. The Hall–Kier alpha value is -7.00. The van der Waals surface area contributed by atoms with Crippen LogP contribution in [-0.4, -0.2) is 197 Å². The number of hydrogen-bond acceptors (Lipinski definition) is 14. The summed E-state index contributed by atoms with van der Waals surface area (Å²) in [4.78, 5) is 98.2. The number of fused-ring (bicyclic) bond motifs is 1. The summed E-state index contributed by atoms with van der Waals surface area (Å²) in [6, 6.07) is 18.6. The Balaban J connectivity index is 0.000000348. The molecule has 3 N–H and O–H groups in total. The van der Waals surface area contributed by atoms with E-state index in [2.05, 4.69) is 73.3 Å². The molecule has 5 heterocycles. The van der Waals surface area contributed by atoms with Crippen LogP contribution in [0.4, 0.5) is 4.39 Å². The van der Waals surface area contributed by atoms with Crippen molar-refractivity contribution in [2.24, 2.45) is 11.8 Å². The molecule has 1 atom stereocenters. The highest BCUT2D eigenvalue weighted by atomic mass is 19.1. The number of halogens is 1. The number of likely N-dealkylation sites (tertiary alicyclic amines) is 1. The van der Waals surface area contributed by atoms with Crippen LogP contribution < -0.4 is 20.9 Å². The van der Waals surface area contributed by atoms with Gasteiger partial charge in [0.05, 0.1) is 48.2 Å². The summed E-state index contributed by atoms with van der Waals surface area (Å²) in [6.07, 6.45) is 15.5. The van der Waals surface area contributed by atoms with E-state index < -0.39 is 11.9 Å². The molecule has 1 saturated carbocycles. The third kappa shape index (κ3) is 20.0. The van der Waals surface area contributed by atoms with E-state index >= 15 is 0 Å². The maximum absolute atomic E-state index is 14.3. The Bertz CT molecular complexity index is 3000. The van der Waals surface area contributed by atoms with Gasteiger partial charge in [0.1, 0.15) is 18.2 Å². The number of H-pyrrole nitrogens is 1. The average molecular weight is 1190 g/mol. The van der Waals surface area contributed by atoms with Crippen LogP contribution in [0, 0.1) is 17.7 Å². The Kier molecular flexibility index (Phi) is 27.0. The van der Waals surface area contributed by atoms with Gasteiger partial charge < -0.3 is 35.0 Å². The number of amides is 4. The van der Waals surface area contributed by atoms with Gasteiger partial charge in [-0.2, -0.15) is 5.10 Å². The molecule has 4 fully saturated rings. The molecule has 9 rings (SSSR count). The monoisotopic (exact) mass is 1180 g/mol. The van der Waals surface area contributed by atoms with Crippen LogP contribution in [0.15, 0.2) is 84.0 Å². The molecule has 19 nitrogen and oxygen atoms in total. The van der Waals surface area contributed by atoms with Gasteiger partial charge in [0, 0.05) is 95.9 Å². The third-order valence-electron chi connectivity index (χ3n) is 17.0. The highest BCUT2D eigenvalue weighted by molar-refractivity contribution is 5.98. The topological polar surface area (TPSA) is 210 Å². The minimum Gasteiger partial charge on any atom is -0.490 e. The number of hydrogen-bond donors (Lipinski definition) is 3. The quantitative estimate of drug-likeness (QED) is 0.0562. The zero-order valence-corrected chi connectivity index (χ0v) is 51.6. The Morgan fingerprint density at radius 1 is 0.779 bits per heavy atom. The molecule has 1 aliphatic carbocycles. The molecule has 5 aromatic rings. The first-order valence-corrected chi connectivity index (χ1v) is 31.5. The van der Waals surface area contributed by atoms with Crippen LogP contribution in [0.2, 0.25) is 0 Å². The zero-order chi connectivity index (χ0) is 61.2. The highest BCUT2D eigenvalue weighted by Crippen LogP contribution is 2.29. The van der Waals surface area contributed by atoms with Crippen molar-refractivity contribution in [3.05, 3.63) is 129 Å². The zero-order valence-electron chi connectivity index (χ0n) is 51.6. The largest absolute Gasteiger partial charge is 0.490 e. The van der Waals surface area contributed by atoms with Crippen LogP contribution >= 0.6 is 0 Å². The summed E-state index contributed by atoms with van der Waals surface area (Å²) in [5.41, 5.74) is 3.41. The first-order chi connectivity index (χ1) is 41.8. The Labute approximate surface area is 507 Å². The number of nitrogens with one attached hydrogen (secondary N) is 3. The van der Waals surface area contributed by atoms with Crippen LogP contribution in [0.5, 0.6) is 5.75 Å². The van der Waals surface area contributed by atoms with E-state index in [9.17, 15) is 33.2 Å². The highest BCUT2D eigenvalue weighted by Gasteiger charge is 2.36. The number of rotatable bonds is 23. The molecule has 3 saturated heterocycles. The molecule has 466 valence electrons. The van der Waals surface area contributed by atoms with E-state index in [1.54, 1.807) is 24.4 Å². The van der Waals surface area contributed by atoms with E-state index in [-0.39, 0.29) is 47.2 Å². The molecule has 0 spiro atoms. The standard InChI is InChI=1S/C46H72N10O5.C16H11FN2O2.C4H10/c1-4-17-54(42(57)32-47-30-40-41(61-5-2)31-48-35-49-40)20-16-36-10-9-13-39(29-36)45(59)50-44(38-11-7-6-8-12-38)46(60)56-27-23-53(24-28-56)33-37-14-18-52(19-15-37)34-43(58)55-25-21-51(3)22-26-55;17-14-6-5-10(7-11(14)9-20)8-15-12-3-1-2-4-13(12)16(21)19-18-15;1-3-4-2/h9-10,13,29,31,35,37-38,44,47H,4-8,11-12,14-28,30,32-34H2,1-3H3,(H,50,59);1-7,9H,8H2,(H,19,21);3-4H2,1-2H3. The number of carbonyl (C=O) groups excluding carboxylic acids is 5. The number of benzene rings is 3. The summed E-state index contributed by atoms with van der Waals surface area (Å²) in [5, 5.41) is 14.3. The SMILES string of the molecule is CCCC.CCCN(CCc1cccc(C(=O)NC(C(=O)N2CCN(CC3CCN(CC(=O)N4CCN(C)CC4)CC3)CC2)C2CCCCC2)c1)C(=O)CNCc1ncncc1OCC.O=Cc1cc(Cc2n[nH]c(=O)c3ccccc23)ccc1F. The molecule has 86 heavy (non-hydrogen) atoms. The van der Waals surface area contributed by atoms with Gasteiger partial charge in [-0.3, -0.25) is 38.6 Å². The van der Waals surface area contributed by atoms with Crippen molar-refractivity contribution in [2.45, 2.75) is 117 Å². The van der Waals surface area contributed by atoms with Crippen molar-refractivity contribution in [3.63, 3.8) is 0 Å². The van der Waals surface area contributed by atoms with Gasteiger partial charge in [-0.1, -0.05) is 89.3 Å². The third-order valence-corrected chi connectivity index (χ3v) is 17.0. The molecule has 1 unspecified atom stereocenters. The summed E-state index contributed by atoms with van der Waals surface area (Å²) >= 11 is 0. The molecule has 4 amide bonds. The van der Waals surface area contributed by atoms with Gasteiger partial charge in [0.2, 0.25) is 17.7 Å². The van der Waals surface area contributed by atoms with Gasteiger partial charge in [-0.15, -0.1) is 0 Å². The molecular weight excluding hydrogens is 1090 g/mol. The fraction of sp³-hybridized carbons (Fsp3) is 0.561. The van der Waals surface area contributed by atoms with E-state index in [4.69, 9.17) is 4.74 Å². The second-order valence-electron chi connectivity index (χ2n) is 23.3. The molecule has 3 aliphatic heterocycles. The second-order valence-corrected chi connectivity index (χ2v) is 23.3. The number of ether oxygens (including phenoxy) is 1. The molecule has 20 heteroatoms. The Morgan fingerprint density at radius 2 is 1.50 bits per heavy atom. The Morgan fingerprint density at radius 3 is 2.20 bits per heavy atom. The fourth-order valence-electron chi connectivity index (χ4n) is 11.7. The van der Waals surface area contributed by atoms with Gasteiger partial charge in [-0.25, -0.2) is 19.5 Å². The van der Waals surface area contributed by atoms with E-state index in [0.717, 1.165) is 120 Å². The number of unbranched alkanes of at least 4 members (excludes halogenated alkanes) is 1. The minimum atomic E-state index is -0.548. The predicted octanol–water partition coefficient (Wildman–Crippen LogP) is 7.03. The first kappa shape index (κ1) is 66.5. The van der Waals surface area contributed by atoms with Crippen LogP contribution in [-0.2, 0) is 33.8 Å². The number of aromatic nitrogens is 4. The number of piperidine rings is 1. The number of piperazine rings is 2. The summed E-state index contributed by atoms with van der Waals surface area (Å²) in [7, 11) is 2.11. The summed E-state index contributed by atoms with van der Waals surface area (Å²) in [6.45, 7) is 20.6. The van der Waals surface area contributed by atoms with E-state index in [0.29, 0.717) is 99.0 Å². The van der Waals surface area contributed by atoms with Gasteiger partial charge in [0.15, 0.2) is 12.0 Å². The van der Waals surface area contributed by atoms with Crippen molar-refractivity contribution >= 4 is 40.7 Å². The van der Waals surface area contributed by atoms with Crippen molar-refractivity contribution in [1.82, 2.24) is 60.2 Å². The molecule has 4 aliphatic rings. The number of aldehydes is 1. The summed E-state index contributed by atoms with van der Waals surface area (Å²) < 4.78 is 18.9. The fourth-order valence-corrected chi connectivity index (χ4v) is 11.7. The molecule has 0 radical (unpaired) electrons. The van der Waals surface area contributed by atoms with Crippen molar-refractivity contribution in [3.8, 4) is 5.75 Å². The van der Waals surface area contributed by atoms with Crippen molar-refractivity contribution < 1.29 is 33.1 Å². The van der Waals surface area contributed by atoms with E-state index in [1.807, 2.05) is 58.0 Å². The average Bonchev–Trinajstić information content (AvgIpc) is 3.48. The maximum atomic E-state index is 14.3. The maximum Gasteiger partial charge on any atom is 0.272 e. The number of carbonyl (C=O) groups is 5. The van der Waals surface area contributed by atoms with Gasteiger partial charge in [-0.05, 0) is 119 Å². The lowest BCUT2D eigenvalue weighted by Gasteiger charge is -2.41. The molecular formula is C66H93FN12O7. The number of likely N-dealkylation sites (N-methyl/N-ethyl adjacent to an activating group) is 1. The van der Waals surface area contributed by atoms with Crippen LogP contribution in [0.1, 0.15) is 135 Å². The van der Waals surface area contributed by atoms with Gasteiger partial charge in [0.25, 0.3) is 11.5 Å². The normalized spacial score (nSPS) is 16.7. The van der Waals surface area contributed by atoms with Crippen LogP contribution in [0.25, 0.3) is 10.8 Å². The predicted molar refractivity (Wildman–Crippen MR) is 334 cm³/mol. The lowest BCUT2D eigenvalue weighted by molar-refractivity contribution is -0.137. The number of nitrogens with zero attached hydrogens (tertiary/aromatic N) is 9. The summed E-state index contributed by atoms with van der Waals surface area (Å²) in [5.74, 6) is 0.886.